The number of aromatic nitrogens is 3. The number of para-hydroxylation sites is 3. The van der Waals surface area contributed by atoms with Crippen molar-refractivity contribution in [3.63, 3.8) is 0 Å². The van der Waals surface area contributed by atoms with Crippen molar-refractivity contribution >= 4 is 57.0 Å². The van der Waals surface area contributed by atoms with Crippen LogP contribution < -0.4 is 5.19 Å². The molecule has 0 saturated carbocycles. The maximum absolute atomic E-state index is 6.44. The van der Waals surface area contributed by atoms with E-state index >= 15 is 0 Å². The molecule has 0 unspecified atom stereocenters. The number of aryl methyl sites for hydroxylation is 1. The largest absolute Gasteiger partial charge is 0.501 e. The molecule has 6 heteroatoms. The van der Waals surface area contributed by atoms with Gasteiger partial charge in [0.05, 0.1) is 36.2 Å². The van der Waals surface area contributed by atoms with Gasteiger partial charge in [0.1, 0.15) is 5.58 Å². The van der Waals surface area contributed by atoms with Gasteiger partial charge in [0.2, 0.25) is 0 Å². The third-order valence-electron chi connectivity index (χ3n) is 11.0. The Kier molecular flexibility index (Phi) is 11.6. The quantitative estimate of drug-likeness (QED) is 0.118. The van der Waals surface area contributed by atoms with Gasteiger partial charge in [-0.1, -0.05) is 160 Å². The van der Waals surface area contributed by atoms with Crippen LogP contribution in [0.4, 0.5) is 0 Å². The molecule has 0 fully saturated rings. The molecule has 0 bridgehead atoms. The van der Waals surface area contributed by atoms with Gasteiger partial charge in [-0.2, -0.15) is 0 Å². The van der Waals surface area contributed by atoms with Gasteiger partial charge in [0.25, 0.3) is 0 Å². The second kappa shape index (κ2) is 17.0. The topological polar surface area (TPSA) is 43.9 Å². The van der Waals surface area contributed by atoms with Crippen LogP contribution in [0.1, 0.15) is 25.0 Å². The van der Waals surface area contributed by atoms with Crippen LogP contribution in [-0.2, 0) is 26.5 Å². The number of imidazole rings is 1. The Labute approximate surface area is 367 Å². The van der Waals surface area contributed by atoms with E-state index in [9.17, 15) is 0 Å². The van der Waals surface area contributed by atoms with Crippen molar-refractivity contribution in [3.05, 3.63) is 181 Å². The molecule has 0 atom stereocenters. The van der Waals surface area contributed by atoms with Crippen LogP contribution in [0, 0.1) is 25.0 Å². The van der Waals surface area contributed by atoms with Crippen LogP contribution in [-0.4, -0.2) is 22.6 Å². The van der Waals surface area contributed by atoms with E-state index in [2.05, 4.69) is 179 Å². The van der Waals surface area contributed by atoms with E-state index in [1.165, 1.54) is 21.7 Å². The summed E-state index contributed by atoms with van der Waals surface area (Å²) in [7, 11) is -1.35. The molecule has 299 valence electrons. The van der Waals surface area contributed by atoms with Crippen molar-refractivity contribution in [3.8, 4) is 39.5 Å². The van der Waals surface area contributed by atoms with Crippen LogP contribution in [0.15, 0.2) is 162 Å². The first-order chi connectivity index (χ1) is 28.6. The van der Waals surface area contributed by atoms with Gasteiger partial charge in [0.15, 0.2) is 0 Å². The normalized spacial score (nSPS) is 11.6. The van der Waals surface area contributed by atoms with E-state index in [4.69, 9.17) is 14.4 Å². The molecule has 0 amide bonds. The zero-order valence-corrected chi connectivity index (χ0v) is 38.3. The third kappa shape index (κ3) is 7.91. The fraction of sp³-hybridized carbons (Fsp3) is 0.148. The van der Waals surface area contributed by atoms with Crippen LogP contribution in [0.3, 0.4) is 0 Å². The predicted octanol–water partition coefficient (Wildman–Crippen LogP) is 13.8. The van der Waals surface area contributed by atoms with E-state index in [0.29, 0.717) is 5.92 Å². The van der Waals surface area contributed by atoms with E-state index in [0.717, 1.165) is 84.2 Å². The van der Waals surface area contributed by atoms with Crippen LogP contribution in [0.5, 0.6) is 0 Å². The maximum atomic E-state index is 6.44. The van der Waals surface area contributed by atoms with Crippen molar-refractivity contribution in [1.82, 2.24) is 14.5 Å². The van der Waals surface area contributed by atoms with Gasteiger partial charge in [-0.25, -0.2) is 0 Å². The van der Waals surface area contributed by atoms with Crippen molar-refractivity contribution in [2.45, 2.75) is 46.8 Å². The summed E-state index contributed by atoms with van der Waals surface area (Å²) >= 11 is 0. The third-order valence-corrected chi connectivity index (χ3v) is 13.1. The zero-order chi connectivity index (χ0) is 40.7. The minimum absolute atomic E-state index is 0. The fourth-order valence-electron chi connectivity index (χ4n) is 8.21. The standard InChI is InChI=1S/C35H21N2O.C19H26NSi.Ir/c1-2-11-23(12-3-1)26-22-21-24-13-4-5-14-25(24)33(26)37-31-19-8-7-18-30(31)36-35(37)29-17-10-16-28-27-15-6-9-20-32(27)38-34(28)29;1-14(2)11-17-12-18(16-9-7-15(3)8-10-16)20-13-19(17)21(4,5)6;/h1-16,18-22H;7-9,12-14H,11H2,1-6H3;/q2*-1;. The molecule has 0 spiro atoms. The Morgan fingerprint density at radius 2 is 1.47 bits per heavy atom. The summed E-state index contributed by atoms with van der Waals surface area (Å²) in [5, 5.41) is 5.99. The van der Waals surface area contributed by atoms with E-state index in [-0.39, 0.29) is 20.1 Å². The molecule has 0 saturated heterocycles. The van der Waals surface area contributed by atoms with Gasteiger partial charge in [-0.15, -0.1) is 53.6 Å². The molecule has 0 aliphatic rings. The van der Waals surface area contributed by atoms with Gasteiger partial charge < -0.3 is 14.0 Å². The van der Waals surface area contributed by atoms with Crippen molar-refractivity contribution in [2.75, 3.05) is 0 Å². The molecule has 1 radical (unpaired) electrons. The minimum atomic E-state index is -1.35. The first-order valence-corrected chi connectivity index (χ1v) is 24.0. The minimum Gasteiger partial charge on any atom is -0.501 e. The molecule has 10 rings (SSSR count). The van der Waals surface area contributed by atoms with Gasteiger partial charge >= 0.3 is 0 Å². The summed E-state index contributed by atoms with van der Waals surface area (Å²) in [6.45, 7) is 13.8. The van der Waals surface area contributed by atoms with Crippen LogP contribution in [0.2, 0.25) is 19.6 Å². The number of fused-ring (bicyclic) bond motifs is 5. The van der Waals surface area contributed by atoms with Crippen molar-refractivity contribution in [2.24, 2.45) is 5.92 Å². The average Bonchev–Trinajstić information content (AvgIpc) is 3.82. The molecule has 3 heterocycles. The number of hydrogen-bond acceptors (Lipinski definition) is 3. The Balaban J connectivity index is 0.000000194. The molecule has 0 aliphatic carbocycles. The molecule has 0 N–H and O–H groups in total. The summed E-state index contributed by atoms with van der Waals surface area (Å²) < 4.78 is 8.73. The number of hydrogen-bond donors (Lipinski definition) is 0. The molecule has 60 heavy (non-hydrogen) atoms. The summed E-state index contributed by atoms with van der Waals surface area (Å²) in [6, 6.07) is 59.5. The SMILES string of the molecule is Cc1c[c-]c(-c2cc(CC(C)C)c([Si](C)(C)C)cn2)cc1.[Ir].[c-]1ccc2c(oc3ccccc32)c1-c1nc2ccccc2n1-c1c(-c2ccccc2)ccc2ccccc12. The first kappa shape index (κ1) is 40.8. The molecule has 10 aromatic rings. The molecule has 3 aromatic heterocycles. The molecule has 0 aliphatic heterocycles. The first-order valence-electron chi connectivity index (χ1n) is 20.5. The summed E-state index contributed by atoms with van der Waals surface area (Å²) in [5.41, 5.74) is 12.7. The Hall–Kier alpha value is -5.91. The summed E-state index contributed by atoms with van der Waals surface area (Å²) in [5.74, 6) is 1.47. The summed E-state index contributed by atoms with van der Waals surface area (Å²) in [6.07, 6.45) is 3.24. The van der Waals surface area contributed by atoms with Crippen LogP contribution in [0.25, 0.3) is 83.2 Å². The number of furan rings is 1. The Morgan fingerprint density at radius 3 is 2.23 bits per heavy atom. The maximum Gasteiger partial charge on any atom is 0.120 e. The summed E-state index contributed by atoms with van der Waals surface area (Å²) in [4.78, 5) is 9.91. The second-order valence-electron chi connectivity index (χ2n) is 16.9. The van der Waals surface area contributed by atoms with E-state index in [1.54, 1.807) is 0 Å². The van der Waals surface area contributed by atoms with E-state index in [1.807, 2.05) is 36.4 Å². The fourth-order valence-corrected chi connectivity index (χ4v) is 9.80. The van der Waals surface area contributed by atoms with Gasteiger partial charge in [0, 0.05) is 42.6 Å². The average molecular weight is 974 g/mol. The Bertz CT molecular complexity index is 3100. The monoisotopic (exact) mass is 974 g/mol. The number of nitrogens with zero attached hydrogens (tertiary/aromatic N) is 3. The van der Waals surface area contributed by atoms with Crippen LogP contribution >= 0.6 is 0 Å². The Morgan fingerprint density at radius 1 is 0.733 bits per heavy atom. The van der Waals surface area contributed by atoms with Crippen molar-refractivity contribution < 1.29 is 24.5 Å². The van der Waals surface area contributed by atoms with Gasteiger partial charge in [-0.3, -0.25) is 4.98 Å². The number of benzene rings is 7. The van der Waals surface area contributed by atoms with Crippen molar-refractivity contribution in [1.29, 1.82) is 0 Å². The van der Waals surface area contributed by atoms with E-state index < -0.39 is 8.07 Å². The predicted molar refractivity (Wildman–Crippen MR) is 250 cm³/mol. The number of rotatable bonds is 7. The smallest absolute Gasteiger partial charge is 0.120 e. The molecule has 7 aromatic carbocycles. The molecule has 4 nitrogen and oxygen atoms in total. The second-order valence-corrected chi connectivity index (χ2v) is 21.9. The zero-order valence-electron chi connectivity index (χ0n) is 34.9. The molecular weight excluding hydrogens is 927 g/mol. The van der Waals surface area contributed by atoms with Gasteiger partial charge in [-0.05, 0) is 52.4 Å². The number of pyridine rings is 1. The molecular formula is C54H47IrN3OSi-2.